The van der Waals surface area contributed by atoms with Crippen LogP contribution in [0.3, 0.4) is 0 Å². The van der Waals surface area contributed by atoms with Gasteiger partial charge in [-0.15, -0.1) is 0 Å². The van der Waals surface area contributed by atoms with E-state index >= 15 is 0 Å². The molecule has 0 fully saturated rings. The first-order valence-electron chi connectivity index (χ1n) is 5.19. The molecule has 0 aliphatic rings. The summed E-state index contributed by atoms with van der Waals surface area (Å²) < 4.78 is 0. The summed E-state index contributed by atoms with van der Waals surface area (Å²) in [4.78, 5) is 10.9. The van der Waals surface area contributed by atoms with Crippen LogP contribution in [0.5, 0.6) is 0 Å². The van der Waals surface area contributed by atoms with Crippen molar-refractivity contribution in [3.8, 4) is 0 Å². The fraction of sp³-hybridized carbons (Fsp3) is 0.154. The molecule has 3 N–H and O–H groups in total. The van der Waals surface area contributed by atoms with Gasteiger partial charge in [-0.1, -0.05) is 24.3 Å². The van der Waals surface area contributed by atoms with Crippen LogP contribution in [0.1, 0.15) is 6.92 Å². The van der Waals surface area contributed by atoms with E-state index in [0.29, 0.717) is 6.54 Å². The van der Waals surface area contributed by atoms with Crippen molar-refractivity contribution in [1.29, 1.82) is 0 Å². The van der Waals surface area contributed by atoms with Gasteiger partial charge in [0.25, 0.3) is 0 Å². The van der Waals surface area contributed by atoms with Gasteiger partial charge < -0.3 is 11.1 Å². The fourth-order valence-corrected chi connectivity index (χ4v) is 1.74. The molecule has 0 spiro atoms. The number of benzene rings is 2. The van der Waals surface area contributed by atoms with Crippen LogP contribution in [0.15, 0.2) is 36.4 Å². The zero-order chi connectivity index (χ0) is 11.5. The van der Waals surface area contributed by atoms with Crippen LogP contribution in [0, 0.1) is 0 Å². The third-order valence-corrected chi connectivity index (χ3v) is 2.46. The highest BCUT2D eigenvalue weighted by Crippen LogP contribution is 2.28. The highest BCUT2D eigenvalue weighted by Gasteiger charge is 2.03. The Bertz CT molecular complexity index is 529. The van der Waals surface area contributed by atoms with Crippen molar-refractivity contribution in [2.75, 3.05) is 17.6 Å². The number of hydrogen-bond acceptors (Lipinski definition) is 3. The fourth-order valence-electron chi connectivity index (χ4n) is 1.74. The minimum absolute atomic E-state index is 0.103. The maximum atomic E-state index is 10.9. The van der Waals surface area contributed by atoms with Gasteiger partial charge in [-0.25, -0.2) is 0 Å². The Kier molecular flexibility index (Phi) is 2.77. The Balaban J connectivity index is 2.48. The molecule has 0 aliphatic carbocycles. The van der Waals surface area contributed by atoms with Gasteiger partial charge in [-0.05, 0) is 24.4 Å². The largest absolute Gasteiger partial charge is 0.398 e. The Hall–Kier alpha value is -2.03. The van der Waals surface area contributed by atoms with E-state index < -0.39 is 0 Å². The molecular weight excluding hydrogens is 200 g/mol. The van der Waals surface area contributed by atoms with Gasteiger partial charge in [0.15, 0.2) is 0 Å². The van der Waals surface area contributed by atoms with Gasteiger partial charge in [0.05, 0.1) is 6.54 Å². The average Bonchev–Trinajstić information content (AvgIpc) is 2.26. The van der Waals surface area contributed by atoms with Crippen LogP contribution in [0.4, 0.5) is 11.4 Å². The van der Waals surface area contributed by atoms with Crippen molar-refractivity contribution in [3.63, 3.8) is 0 Å². The molecule has 0 unspecified atom stereocenters. The van der Waals surface area contributed by atoms with Crippen molar-refractivity contribution >= 4 is 27.9 Å². The molecule has 82 valence electrons. The standard InChI is InChI=1S/C13H14N2O/c1-9(16)8-15-12-7-3-5-10-4-2-6-11(14)13(10)12/h2-7,15H,8,14H2,1H3. The summed E-state index contributed by atoms with van der Waals surface area (Å²) >= 11 is 0. The van der Waals surface area contributed by atoms with Gasteiger partial charge in [0.2, 0.25) is 0 Å². The molecule has 0 atom stereocenters. The number of rotatable bonds is 3. The number of nitrogens with one attached hydrogen (secondary N) is 1. The molecular formula is C13H14N2O. The SMILES string of the molecule is CC(=O)CNc1cccc2cccc(N)c12. The van der Waals surface area contributed by atoms with Crippen molar-refractivity contribution < 1.29 is 4.79 Å². The number of nitrogen functional groups attached to an aromatic ring is 1. The Labute approximate surface area is 94.3 Å². The summed E-state index contributed by atoms with van der Waals surface area (Å²) in [6.45, 7) is 1.88. The number of nitrogens with two attached hydrogens (primary N) is 1. The number of fused-ring (bicyclic) bond motifs is 1. The summed E-state index contributed by atoms with van der Waals surface area (Å²) in [6.07, 6.45) is 0. The predicted octanol–water partition coefficient (Wildman–Crippen LogP) is 2.42. The smallest absolute Gasteiger partial charge is 0.148 e. The second-order valence-corrected chi connectivity index (χ2v) is 3.81. The molecule has 0 radical (unpaired) electrons. The van der Waals surface area contributed by atoms with E-state index in [1.165, 1.54) is 0 Å². The molecule has 0 heterocycles. The molecule has 0 saturated carbocycles. The summed E-state index contributed by atoms with van der Waals surface area (Å²) in [5.41, 5.74) is 7.57. The Morgan fingerprint density at radius 2 is 1.94 bits per heavy atom. The van der Waals surface area contributed by atoms with Crippen LogP contribution in [-0.4, -0.2) is 12.3 Å². The third-order valence-electron chi connectivity index (χ3n) is 2.46. The van der Waals surface area contributed by atoms with Gasteiger partial charge in [0.1, 0.15) is 5.78 Å². The monoisotopic (exact) mass is 214 g/mol. The van der Waals surface area contributed by atoms with E-state index in [2.05, 4.69) is 5.32 Å². The van der Waals surface area contributed by atoms with Gasteiger partial charge >= 0.3 is 0 Å². The zero-order valence-corrected chi connectivity index (χ0v) is 9.16. The van der Waals surface area contributed by atoms with E-state index in [4.69, 9.17) is 5.73 Å². The second-order valence-electron chi connectivity index (χ2n) is 3.81. The molecule has 0 aliphatic heterocycles. The first kappa shape index (κ1) is 10.5. The summed E-state index contributed by atoms with van der Waals surface area (Å²) in [5.74, 6) is 0.103. The number of hydrogen-bond donors (Lipinski definition) is 2. The number of anilines is 2. The molecule has 16 heavy (non-hydrogen) atoms. The highest BCUT2D eigenvalue weighted by molar-refractivity contribution is 6.02. The van der Waals surface area contributed by atoms with E-state index in [1.54, 1.807) is 6.92 Å². The molecule has 0 saturated heterocycles. The van der Waals surface area contributed by atoms with E-state index in [9.17, 15) is 4.79 Å². The molecule has 2 aromatic rings. The topological polar surface area (TPSA) is 55.1 Å². The predicted molar refractivity (Wildman–Crippen MR) is 67.5 cm³/mol. The van der Waals surface area contributed by atoms with Crippen molar-refractivity contribution in [2.45, 2.75) is 6.92 Å². The molecule has 2 aromatic carbocycles. The van der Waals surface area contributed by atoms with Crippen LogP contribution in [0.2, 0.25) is 0 Å². The van der Waals surface area contributed by atoms with Crippen LogP contribution in [-0.2, 0) is 4.79 Å². The lowest BCUT2D eigenvalue weighted by Crippen LogP contribution is -2.10. The van der Waals surface area contributed by atoms with Gasteiger partial charge in [0, 0.05) is 16.8 Å². The van der Waals surface area contributed by atoms with Crippen molar-refractivity contribution in [2.24, 2.45) is 0 Å². The first-order valence-corrected chi connectivity index (χ1v) is 5.19. The van der Waals surface area contributed by atoms with Crippen molar-refractivity contribution in [3.05, 3.63) is 36.4 Å². The second kappa shape index (κ2) is 4.23. The molecule has 2 rings (SSSR count). The minimum atomic E-state index is 0.103. The van der Waals surface area contributed by atoms with Crippen LogP contribution >= 0.6 is 0 Å². The first-order chi connectivity index (χ1) is 7.68. The summed E-state index contributed by atoms with van der Waals surface area (Å²) in [5, 5.41) is 5.15. The lowest BCUT2D eigenvalue weighted by Gasteiger charge is -2.10. The van der Waals surface area contributed by atoms with Crippen LogP contribution < -0.4 is 11.1 Å². The quantitative estimate of drug-likeness (QED) is 0.771. The normalized spacial score (nSPS) is 10.3. The average molecular weight is 214 g/mol. The maximum absolute atomic E-state index is 10.9. The molecule has 3 nitrogen and oxygen atoms in total. The van der Waals surface area contributed by atoms with Gasteiger partial charge in [-0.3, -0.25) is 4.79 Å². The third kappa shape index (κ3) is 1.98. The molecule has 0 bridgehead atoms. The van der Waals surface area contributed by atoms with Crippen molar-refractivity contribution in [1.82, 2.24) is 0 Å². The Morgan fingerprint density at radius 1 is 1.25 bits per heavy atom. The highest BCUT2D eigenvalue weighted by atomic mass is 16.1. The van der Waals surface area contributed by atoms with Crippen LogP contribution in [0.25, 0.3) is 10.8 Å². The molecule has 0 aromatic heterocycles. The van der Waals surface area contributed by atoms with Gasteiger partial charge in [-0.2, -0.15) is 0 Å². The summed E-state index contributed by atoms with van der Waals surface area (Å²) in [7, 11) is 0. The lowest BCUT2D eigenvalue weighted by molar-refractivity contribution is -0.115. The van der Waals surface area contributed by atoms with E-state index in [0.717, 1.165) is 22.1 Å². The Morgan fingerprint density at radius 3 is 2.62 bits per heavy atom. The van der Waals surface area contributed by atoms with E-state index in [1.807, 2.05) is 36.4 Å². The minimum Gasteiger partial charge on any atom is -0.398 e. The summed E-state index contributed by atoms with van der Waals surface area (Å²) in [6, 6.07) is 11.7. The number of ketones is 1. The number of carbonyl (C=O) groups is 1. The number of Topliss-reactive ketones (excluding diaryl/α,β-unsaturated/α-hetero) is 1. The van der Waals surface area contributed by atoms with E-state index in [-0.39, 0.29) is 5.78 Å². The number of carbonyl (C=O) groups excluding carboxylic acids is 1. The maximum Gasteiger partial charge on any atom is 0.148 e. The molecule has 3 heteroatoms. The zero-order valence-electron chi connectivity index (χ0n) is 9.16. The molecule has 0 amide bonds. The lowest BCUT2D eigenvalue weighted by atomic mass is 10.1.